The van der Waals surface area contributed by atoms with Gasteiger partial charge in [-0.25, -0.2) is 0 Å². The van der Waals surface area contributed by atoms with E-state index in [4.69, 9.17) is 10.2 Å². The summed E-state index contributed by atoms with van der Waals surface area (Å²) in [7, 11) is 0. The van der Waals surface area contributed by atoms with Gasteiger partial charge in [0.25, 0.3) is 0 Å². The molecule has 0 spiro atoms. The Morgan fingerprint density at radius 1 is 0.941 bits per heavy atom. The van der Waals surface area contributed by atoms with Crippen molar-refractivity contribution in [2.24, 2.45) is 5.41 Å². The molecule has 0 bridgehead atoms. The van der Waals surface area contributed by atoms with E-state index >= 15 is 0 Å². The summed E-state index contributed by atoms with van der Waals surface area (Å²) in [6, 6.07) is 0. The molecule has 2 N–H and O–H groups in total. The first kappa shape index (κ1) is 19.8. The normalized spacial score (nSPS) is 10.7. The number of rotatable bonds is 9. The first-order valence-electron chi connectivity index (χ1n) is 5.98. The number of carbonyl (C=O) groups is 2. The van der Waals surface area contributed by atoms with Gasteiger partial charge in [0.05, 0.1) is 0 Å². The van der Waals surface area contributed by atoms with Crippen LogP contribution in [0.4, 0.5) is 0 Å². The Hall–Kier alpha value is 0.511. The molecule has 0 aromatic heterocycles. The van der Waals surface area contributed by atoms with Gasteiger partial charge < -0.3 is 13.1 Å². The molecule has 0 aromatic carbocycles. The van der Waals surface area contributed by atoms with E-state index in [9.17, 15) is 9.59 Å². The SMILES string of the molecule is CCCCCCC(CCC)(C(=O)O)C(=O)O.[Ba+2].[H-].[H-]. The van der Waals surface area contributed by atoms with Gasteiger partial charge in [-0.15, -0.1) is 0 Å². The molecule has 0 radical (unpaired) electrons. The van der Waals surface area contributed by atoms with Crippen LogP contribution in [0.2, 0.25) is 0 Å². The monoisotopic (exact) mass is 370 g/mol. The summed E-state index contributed by atoms with van der Waals surface area (Å²) in [5.41, 5.74) is -1.57. The second-order valence-corrected chi connectivity index (χ2v) is 4.25. The molecule has 0 rings (SSSR count). The van der Waals surface area contributed by atoms with E-state index in [0.29, 0.717) is 12.8 Å². The molecule has 0 fully saturated rings. The average Bonchev–Trinajstić information content (AvgIpc) is 2.21. The Bertz CT molecular complexity index is 236. The first-order chi connectivity index (χ1) is 7.51. The zero-order chi connectivity index (χ0) is 12.6. The first-order valence-corrected chi connectivity index (χ1v) is 5.98. The molecule has 0 heterocycles. The van der Waals surface area contributed by atoms with Gasteiger partial charge in [0.1, 0.15) is 0 Å². The van der Waals surface area contributed by atoms with Gasteiger partial charge >= 0.3 is 60.8 Å². The van der Waals surface area contributed by atoms with Gasteiger partial charge in [-0.1, -0.05) is 46.0 Å². The van der Waals surface area contributed by atoms with E-state index in [1.54, 1.807) is 0 Å². The van der Waals surface area contributed by atoms with Crippen molar-refractivity contribution in [2.45, 2.75) is 58.8 Å². The van der Waals surface area contributed by atoms with Gasteiger partial charge in [0, 0.05) is 0 Å². The van der Waals surface area contributed by atoms with Crippen LogP contribution in [-0.4, -0.2) is 71.0 Å². The second kappa shape index (κ2) is 10.4. The average molecular weight is 370 g/mol. The summed E-state index contributed by atoms with van der Waals surface area (Å²) in [6.45, 7) is 3.88. The molecule has 0 saturated heterocycles. The molecular formula is C12H24BaO4. The number of unbranched alkanes of at least 4 members (excludes halogenated alkanes) is 3. The Labute approximate surface area is 146 Å². The van der Waals surface area contributed by atoms with Crippen molar-refractivity contribution in [1.29, 1.82) is 0 Å². The Morgan fingerprint density at radius 3 is 1.82 bits per heavy atom. The molecule has 4 nitrogen and oxygen atoms in total. The van der Waals surface area contributed by atoms with E-state index in [0.717, 1.165) is 19.3 Å². The topological polar surface area (TPSA) is 74.6 Å². The van der Waals surface area contributed by atoms with Crippen molar-refractivity contribution in [2.75, 3.05) is 0 Å². The van der Waals surface area contributed by atoms with E-state index in [-0.39, 0.29) is 64.6 Å². The molecular weight excluding hydrogens is 345 g/mol. The maximum atomic E-state index is 11.1. The molecule has 0 aromatic rings. The van der Waals surface area contributed by atoms with Crippen molar-refractivity contribution < 1.29 is 22.7 Å². The summed E-state index contributed by atoms with van der Waals surface area (Å²) in [5, 5.41) is 18.2. The van der Waals surface area contributed by atoms with Gasteiger partial charge in [-0.05, 0) is 12.8 Å². The molecule has 0 aliphatic carbocycles. The summed E-state index contributed by atoms with van der Waals surface area (Å²) in [4.78, 5) is 22.3. The van der Waals surface area contributed by atoms with Crippen LogP contribution in [-0.2, 0) is 9.59 Å². The van der Waals surface area contributed by atoms with Crippen molar-refractivity contribution >= 4 is 60.8 Å². The number of hydrogen-bond acceptors (Lipinski definition) is 2. The zero-order valence-electron chi connectivity index (χ0n) is 12.9. The van der Waals surface area contributed by atoms with E-state index in [1.807, 2.05) is 6.92 Å². The Kier molecular flexibility index (Phi) is 12.2. The van der Waals surface area contributed by atoms with E-state index < -0.39 is 17.4 Å². The molecule has 17 heavy (non-hydrogen) atoms. The number of carboxylic acid groups (broad SMARTS) is 2. The molecule has 0 atom stereocenters. The fraction of sp³-hybridized carbons (Fsp3) is 0.833. The van der Waals surface area contributed by atoms with Crippen molar-refractivity contribution in [3.8, 4) is 0 Å². The van der Waals surface area contributed by atoms with Crippen LogP contribution in [0.15, 0.2) is 0 Å². The van der Waals surface area contributed by atoms with Crippen LogP contribution in [0.5, 0.6) is 0 Å². The van der Waals surface area contributed by atoms with E-state index in [2.05, 4.69) is 6.92 Å². The van der Waals surface area contributed by atoms with Crippen LogP contribution in [0, 0.1) is 5.41 Å². The van der Waals surface area contributed by atoms with E-state index in [1.165, 1.54) is 0 Å². The predicted octanol–water partition coefficient (Wildman–Crippen LogP) is 2.76. The third kappa shape index (κ3) is 6.29. The maximum absolute atomic E-state index is 11.1. The molecule has 0 aliphatic rings. The maximum Gasteiger partial charge on any atom is 2.00 e. The van der Waals surface area contributed by atoms with Gasteiger partial charge in [-0.2, -0.15) is 0 Å². The van der Waals surface area contributed by atoms with Crippen LogP contribution in [0.3, 0.4) is 0 Å². The quantitative estimate of drug-likeness (QED) is 0.372. The Balaban J connectivity index is -0.000000375. The third-order valence-electron chi connectivity index (χ3n) is 2.95. The van der Waals surface area contributed by atoms with Gasteiger partial charge in [-0.3, -0.25) is 9.59 Å². The molecule has 0 saturated carbocycles. The predicted molar refractivity (Wildman–Crippen MR) is 69.3 cm³/mol. The van der Waals surface area contributed by atoms with Crippen molar-refractivity contribution in [3.05, 3.63) is 0 Å². The number of hydrogen-bond donors (Lipinski definition) is 2. The fourth-order valence-electron chi connectivity index (χ4n) is 1.92. The molecule has 0 unspecified atom stereocenters. The summed E-state index contributed by atoms with van der Waals surface area (Å²) < 4.78 is 0. The number of carboxylic acids is 2. The smallest absolute Gasteiger partial charge is 1.00 e. The van der Waals surface area contributed by atoms with Crippen LogP contribution >= 0.6 is 0 Å². The summed E-state index contributed by atoms with van der Waals surface area (Å²) >= 11 is 0. The minimum Gasteiger partial charge on any atom is -1.00 e. The fourth-order valence-corrected chi connectivity index (χ4v) is 1.92. The molecule has 98 valence electrons. The van der Waals surface area contributed by atoms with Crippen molar-refractivity contribution in [1.82, 2.24) is 0 Å². The van der Waals surface area contributed by atoms with Gasteiger partial charge in [0.15, 0.2) is 5.41 Å². The minimum absolute atomic E-state index is 0. The molecule has 5 heteroatoms. The number of aliphatic carboxylic acids is 2. The third-order valence-corrected chi connectivity index (χ3v) is 2.95. The zero-order valence-corrected chi connectivity index (χ0v) is 15.3. The summed E-state index contributed by atoms with van der Waals surface area (Å²) in [5.74, 6) is -2.39. The van der Waals surface area contributed by atoms with Gasteiger partial charge in [0.2, 0.25) is 0 Å². The largest absolute Gasteiger partial charge is 2.00 e. The molecule has 0 aliphatic heterocycles. The minimum atomic E-state index is -1.57. The van der Waals surface area contributed by atoms with Crippen LogP contribution < -0.4 is 0 Å². The standard InChI is InChI=1S/C12H22O4.Ba.2H/c1-3-5-6-7-9-12(8-4-2,10(13)14)11(15)16;;;/h3-9H2,1-2H3,(H,13,14)(H,15,16);;;/q;+2;2*-1. The van der Waals surface area contributed by atoms with Crippen LogP contribution in [0.25, 0.3) is 0 Å². The molecule has 0 amide bonds. The van der Waals surface area contributed by atoms with Crippen LogP contribution in [0.1, 0.15) is 61.6 Å². The summed E-state index contributed by atoms with van der Waals surface area (Å²) in [6.07, 6.45) is 4.69. The second-order valence-electron chi connectivity index (χ2n) is 4.25. The van der Waals surface area contributed by atoms with Crippen molar-refractivity contribution in [3.63, 3.8) is 0 Å². The Morgan fingerprint density at radius 2 is 1.47 bits per heavy atom.